The smallest absolute Gasteiger partial charge is 0.218 e. The van der Waals surface area contributed by atoms with E-state index in [2.05, 4.69) is 27.5 Å². The zero-order valence-electron chi connectivity index (χ0n) is 12.8. The van der Waals surface area contributed by atoms with Gasteiger partial charge in [-0.15, -0.1) is 10.2 Å². The minimum absolute atomic E-state index is 0.150. The largest absolute Gasteiger partial charge is 0.493 e. The maximum absolute atomic E-state index is 13.2. The van der Waals surface area contributed by atoms with Crippen molar-refractivity contribution < 1.29 is 9.50 Å². The van der Waals surface area contributed by atoms with E-state index in [1.807, 2.05) is 0 Å². The lowest BCUT2D eigenvalue weighted by Crippen LogP contribution is -2.39. The van der Waals surface area contributed by atoms with Crippen LogP contribution in [-0.4, -0.2) is 21.2 Å². The number of H-pyrrole nitrogens is 1. The lowest BCUT2D eigenvalue weighted by Gasteiger charge is -2.29. The fraction of sp³-hybridized carbons (Fsp3) is 0.438. The summed E-state index contributed by atoms with van der Waals surface area (Å²) in [5, 5.41) is 22.1. The molecule has 1 aromatic carbocycles. The number of halogens is 1. The maximum atomic E-state index is 13.2. The van der Waals surface area contributed by atoms with Gasteiger partial charge in [0.15, 0.2) is 5.69 Å². The van der Waals surface area contributed by atoms with Crippen LogP contribution in [0, 0.1) is 11.7 Å². The zero-order chi connectivity index (χ0) is 16.4. The molecular weight excluding hydrogens is 315 g/mol. The third-order valence-corrected chi connectivity index (χ3v) is 4.57. The molecule has 0 amide bonds. The van der Waals surface area contributed by atoms with Crippen LogP contribution in [0.2, 0.25) is 0 Å². The number of rotatable bonds is 2. The number of aromatic hydroxyl groups is 1. The van der Waals surface area contributed by atoms with Crippen LogP contribution >= 0.6 is 12.2 Å². The summed E-state index contributed by atoms with van der Waals surface area (Å²) in [7, 11) is 0. The quantitative estimate of drug-likeness (QED) is 0.557. The molecule has 5 nitrogen and oxygen atoms in total. The van der Waals surface area contributed by atoms with Gasteiger partial charge in [-0.1, -0.05) is 19.8 Å². The van der Waals surface area contributed by atoms with Crippen molar-refractivity contribution >= 4 is 33.9 Å². The van der Waals surface area contributed by atoms with Crippen LogP contribution in [0.1, 0.15) is 32.6 Å². The molecule has 0 aliphatic heterocycles. The number of aromatic nitrogens is 1. The van der Waals surface area contributed by atoms with E-state index in [1.54, 1.807) is 6.07 Å². The van der Waals surface area contributed by atoms with Gasteiger partial charge in [-0.05, 0) is 49.2 Å². The summed E-state index contributed by atoms with van der Waals surface area (Å²) in [6.07, 6.45) is 4.71. The molecule has 1 aliphatic carbocycles. The van der Waals surface area contributed by atoms with Crippen molar-refractivity contribution in [3.63, 3.8) is 0 Å². The van der Waals surface area contributed by atoms with Gasteiger partial charge in [-0.3, -0.25) is 0 Å². The van der Waals surface area contributed by atoms with E-state index < -0.39 is 0 Å². The van der Waals surface area contributed by atoms with E-state index in [0.29, 0.717) is 28.0 Å². The summed E-state index contributed by atoms with van der Waals surface area (Å²) in [5.74, 6) is 0.0234. The van der Waals surface area contributed by atoms with Gasteiger partial charge in [0.2, 0.25) is 11.0 Å². The lowest BCUT2D eigenvalue weighted by molar-refractivity contribution is 0.309. The Labute approximate surface area is 139 Å². The molecule has 0 unspecified atom stereocenters. The predicted molar refractivity (Wildman–Crippen MR) is 91.6 cm³/mol. The molecule has 2 atom stereocenters. The number of thiocarbonyl (C=S) groups is 1. The monoisotopic (exact) mass is 334 g/mol. The van der Waals surface area contributed by atoms with Gasteiger partial charge < -0.3 is 15.4 Å². The van der Waals surface area contributed by atoms with Crippen molar-refractivity contribution in [2.45, 2.75) is 38.6 Å². The molecule has 0 radical (unpaired) electrons. The van der Waals surface area contributed by atoms with Gasteiger partial charge in [0.05, 0.1) is 5.52 Å². The number of hydrogen-bond acceptors (Lipinski definition) is 3. The van der Waals surface area contributed by atoms with Crippen LogP contribution in [-0.2, 0) is 0 Å². The Morgan fingerprint density at radius 2 is 2.17 bits per heavy atom. The molecule has 1 fully saturated rings. The Balaban J connectivity index is 1.74. The summed E-state index contributed by atoms with van der Waals surface area (Å²) >= 11 is 5.22. The number of fused-ring (bicyclic) bond motifs is 1. The van der Waals surface area contributed by atoms with E-state index in [-0.39, 0.29) is 17.4 Å². The first-order chi connectivity index (χ1) is 11.0. The molecule has 1 aromatic heterocycles. The Morgan fingerprint density at radius 3 is 2.96 bits per heavy atom. The van der Waals surface area contributed by atoms with Crippen molar-refractivity contribution in [3.05, 3.63) is 24.0 Å². The maximum Gasteiger partial charge on any atom is 0.218 e. The van der Waals surface area contributed by atoms with Crippen molar-refractivity contribution in [1.82, 2.24) is 10.3 Å². The molecule has 0 bridgehead atoms. The molecule has 1 aliphatic rings. The predicted octanol–water partition coefficient (Wildman–Crippen LogP) is 4.55. The number of aromatic amines is 1. The molecule has 7 heteroatoms. The molecule has 0 spiro atoms. The summed E-state index contributed by atoms with van der Waals surface area (Å²) in [6.45, 7) is 2.20. The lowest BCUT2D eigenvalue weighted by atomic mass is 9.86. The minimum Gasteiger partial charge on any atom is -0.493 e. The van der Waals surface area contributed by atoms with Crippen LogP contribution in [0.15, 0.2) is 28.4 Å². The zero-order valence-corrected chi connectivity index (χ0v) is 13.7. The fourth-order valence-corrected chi connectivity index (χ4v) is 3.25. The average Bonchev–Trinajstić information content (AvgIpc) is 2.82. The molecular formula is C16H19FN4OS. The summed E-state index contributed by atoms with van der Waals surface area (Å²) in [4.78, 5) is 2.68. The first kappa shape index (κ1) is 15.9. The molecule has 122 valence electrons. The summed E-state index contributed by atoms with van der Waals surface area (Å²) in [6, 6.07) is 4.49. The normalized spacial score (nSPS) is 21.8. The van der Waals surface area contributed by atoms with Gasteiger partial charge in [0.1, 0.15) is 5.82 Å². The van der Waals surface area contributed by atoms with Crippen molar-refractivity contribution in [2.75, 3.05) is 0 Å². The summed E-state index contributed by atoms with van der Waals surface area (Å²) < 4.78 is 13.2. The van der Waals surface area contributed by atoms with Crippen LogP contribution < -0.4 is 5.32 Å². The number of nitrogens with zero attached hydrogens (tertiary/aromatic N) is 2. The molecule has 3 rings (SSSR count). The molecule has 23 heavy (non-hydrogen) atoms. The number of hydrogen-bond donors (Lipinski definition) is 3. The van der Waals surface area contributed by atoms with E-state index in [4.69, 9.17) is 12.2 Å². The Morgan fingerprint density at radius 1 is 1.39 bits per heavy atom. The van der Waals surface area contributed by atoms with Gasteiger partial charge in [0.25, 0.3) is 0 Å². The standard InChI is InChI=1S/C16H19FN4OS/c1-9-4-2-3-5-12(9)19-16(23)21-20-14-11-7-6-10(17)8-13(11)18-15(14)22/h6-9,12,18,22H,2-5H2,1H3,(H,19,23)/t9-,12-/m1/s1. The topological polar surface area (TPSA) is 72.8 Å². The van der Waals surface area contributed by atoms with Crippen LogP contribution in [0.5, 0.6) is 5.88 Å². The third kappa shape index (κ3) is 3.50. The van der Waals surface area contributed by atoms with E-state index in [1.165, 1.54) is 31.4 Å². The first-order valence-electron chi connectivity index (χ1n) is 7.77. The second-order valence-corrected chi connectivity index (χ2v) is 6.42. The van der Waals surface area contributed by atoms with E-state index in [9.17, 15) is 9.50 Å². The van der Waals surface area contributed by atoms with Crippen molar-refractivity contribution in [2.24, 2.45) is 16.1 Å². The first-order valence-corrected chi connectivity index (χ1v) is 8.18. The second kappa shape index (κ2) is 6.62. The molecule has 1 heterocycles. The summed E-state index contributed by atoms with van der Waals surface area (Å²) in [5.41, 5.74) is 0.733. The highest BCUT2D eigenvalue weighted by Gasteiger charge is 2.21. The molecule has 2 aromatic rings. The SMILES string of the molecule is C[C@@H]1CCCC[C@H]1NC(=S)N=Nc1c(O)[nH]c2cc(F)ccc12. The van der Waals surface area contributed by atoms with Gasteiger partial charge in [-0.25, -0.2) is 4.39 Å². The van der Waals surface area contributed by atoms with Crippen molar-refractivity contribution in [1.29, 1.82) is 0 Å². The van der Waals surface area contributed by atoms with E-state index in [0.717, 1.165) is 6.42 Å². The van der Waals surface area contributed by atoms with Crippen LogP contribution in [0.4, 0.5) is 10.1 Å². The highest BCUT2D eigenvalue weighted by molar-refractivity contribution is 7.80. The van der Waals surface area contributed by atoms with Gasteiger partial charge >= 0.3 is 0 Å². The average molecular weight is 334 g/mol. The van der Waals surface area contributed by atoms with Gasteiger partial charge in [-0.2, -0.15) is 0 Å². The van der Waals surface area contributed by atoms with Crippen LogP contribution in [0.25, 0.3) is 10.9 Å². The Kier molecular flexibility index (Phi) is 4.56. The fourth-order valence-electron chi connectivity index (χ4n) is 3.06. The Hall–Kier alpha value is -2.02. The van der Waals surface area contributed by atoms with Crippen LogP contribution in [0.3, 0.4) is 0 Å². The highest BCUT2D eigenvalue weighted by Crippen LogP contribution is 2.35. The number of benzene rings is 1. The van der Waals surface area contributed by atoms with E-state index >= 15 is 0 Å². The number of azo groups is 1. The Bertz CT molecular complexity index is 758. The third-order valence-electron chi connectivity index (χ3n) is 4.38. The number of nitrogens with one attached hydrogen (secondary N) is 2. The minimum atomic E-state index is -0.384. The highest BCUT2D eigenvalue weighted by atomic mass is 32.1. The second-order valence-electron chi connectivity index (χ2n) is 6.03. The molecule has 1 saturated carbocycles. The molecule has 0 saturated heterocycles. The van der Waals surface area contributed by atoms with Crippen molar-refractivity contribution in [3.8, 4) is 5.88 Å². The molecule has 3 N–H and O–H groups in total. The van der Waals surface area contributed by atoms with Gasteiger partial charge in [0, 0.05) is 11.4 Å².